The maximum Gasteiger partial charge on any atom is 0.292 e. The van der Waals surface area contributed by atoms with E-state index < -0.39 is 11.7 Å². The van der Waals surface area contributed by atoms with Crippen molar-refractivity contribution in [2.45, 2.75) is 19.9 Å². The number of thiazole rings is 1. The van der Waals surface area contributed by atoms with Gasteiger partial charge in [0.05, 0.1) is 16.7 Å². The number of nitrogens with one attached hydrogen (secondary N) is 1. The van der Waals surface area contributed by atoms with Crippen LogP contribution in [-0.2, 0) is 4.79 Å². The van der Waals surface area contributed by atoms with Crippen LogP contribution < -0.4 is 5.32 Å². The number of amides is 1. The van der Waals surface area contributed by atoms with E-state index in [-0.39, 0.29) is 11.6 Å². The molecule has 0 aromatic carbocycles. The van der Waals surface area contributed by atoms with Crippen molar-refractivity contribution >= 4 is 23.0 Å². The average Bonchev–Trinajstić information content (AvgIpc) is 2.85. The summed E-state index contributed by atoms with van der Waals surface area (Å²) in [6, 6.07) is 2.89. The number of ketones is 1. The highest BCUT2D eigenvalue weighted by molar-refractivity contribution is 7.09. The van der Waals surface area contributed by atoms with Crippen LogP contribution in [0, 0.1) is 6.92 Å². The maximum absolute atomic E-state index is 11.8. The third-order valence-corrected chi connectivity index (χ3v) is 3.35. The number of rotatable bonds is 4. The van der Waals surface area contributed by atoms with E-state index in [0.29, 0.717) is 0 Å². The second kappa shape index (κ2) is 5.71. The Hall–Kier alpha value is -2.08. The molecule has 1 N–H and O–H groups in total. The number of Topliss-reactive ketones (excluding diaryl/α,β-unsaturated/α-hetero) is 1. The lowest BCUT2D eigenvalue weighted by Crippen LogP contribution is -2.33. The fourth-order valence-electron chi connectivity index (χ4n) is 1.54. The van der Waals surface area contributed by atoms with Crippen molar-refractivity contribution in [3.05, 3.63) is 46.2 Å². The van der Waals surface area contributed by atoms with Gasteiger partial charge in [0, 0.05) is 23.3 Å². The van der Waals surface area contributed by atoms with Crippen LogP contribution in [0.4, 0.5) is 0 Å². The largest absolute Gasteiger partial charge is 0.341 e. The molecule has 0 aliphatic rings. The van der Waals surface area contributed by atoms with Crippen molar-refractivity contribution < 1.29 is 9.59 Å². The minimum absolute atomic E-state index is 0.279. The number of aryl methyl sites for hydroxylation is 1. The number of carbonyl (C=O) groups is 2. The van der Waals surface area contributed by atoms with E-state index in [1.54, 1.807) is 25.3 Å². The van der Waals surface area contributed by atoms with Crippen molar-refractivity contribution in [1.82, 2.24) is 15.3 Å². The molecule has 2 heterocycles. The summed E-state index contributed by atoms with van der Waals surface area (Å²) in [5, 5.41) is 5.43. The van der Waals surface area contributed by atoms with Gasteiger partial charge in [-0.2, -0.15) is 0 Å². The van der Waals surface area contributed by atoms with Crippen LogP contribution in [0.25, 0.3) is 0 Å². The molecule has 2 aromatic heterocycles. The first kappa shape index (κ1) is 13.4. The summed E-state index contributed by atoms with van der Waals surface area (Å²) in [5.41, 5.74) is 1.04. The molecule has 1 amide bonds. The predicted molar refractivity (Wildman–Crippen MR) is 72.0 cm³/mol. The molecule has 6 heteroatoms. The van der Waals surface area contributed by atoms with Gasteiger partial charge in [-0.05, 0) is 26.0 Å². The Kier molecular flexibility index (Phi) is 4.01. The van der Waals surface area contributed by atoms with Gasteiger partial charge >= 0.3 is 0 Å². The Morgan fingerprint density at radius 1 is 1.42 bits per heavy atom. The first-order valence-electron chi connectivity index (χ1n) is 5.75. The van der Waals surface area contributed by atoms with Gasteiger partial charge in [0.1, 0.15) is 0 Å². The molecule has 0 fully saturated rings. The molecule has 0 saturated carbocycles. The molecule has 19 heavy (non-hydrogen) atoms. The first-order valence-corrected chi connectivity index (χ1v) is 6.63. The summed E-state index contributed by atoms with van der Waals surface area (Å²) in [5.74, 6) is -1.24. The van der Waals surface area contributed by atoms with Crippen molar-refractivity contribution in [1.29, 1.82) is 0 Å². The highest BCUT2D eigenvalue weighted by atomic mass is 32.1. The molecular weight excluding hydrogens is 262 g/mol. The number of pyridine rings is 1. The van der Waals surface area contributed by atoms with Gasteiger partial charge in [0.15, 0.2) is 0 Å². The van der Waals surface area contributed by atoms with Crippen molar-refractivity contribution in [3.63, 3.8) is 0 Å². The zero-order valence-electron chi connectivity index (χ0n) is 10.6. The van der Waals surface area contributed by atoms with Gasteiger partial charge in [-0.15, -0.1) is 11.3 Å². The SMILES string of the molecule is Cc1nc([C@@H](C)NC(=O)C(=O)c2cccnc2)cs1. The summed E-state index contributed by atoms with van der Waals surface area (Å²) in [6.45, 7) is 3.69. The van der Waals surface area contributed by atoms with Crippen LogP contribution in [0.2, 0.25) is 0 Å². The Morgan fingerprint density at radius 3 is 2.79 bits per heavy atom. The van der Waals surface area contributed by atoms with Crippen LogP contribution in [0.1, 0.15) is 34.0 Å². The van der Waals surface area contributed by atoms with E-state index in [2.05, 4.69) is 15.3 Å². The van der Waals surface area contributed by atoms with E-state index in [0.717, 1.165) is 10.7 Å². The molecule has 0 unspecified atom stereocenters. The second-order valence-electron chi connectivity index (χ2n) is 4.06. The Bertz CT molecular complexity index is 595. The van der Waals surface area contributed by atoms with E-state index >= 15 is 0 Å². The minimum Gasteiger partial charge on any atom is -0.341 e. The molecule has 0 radical (unpaired) electrons. The summed E-state index contributed by atoms with van der Waals surface area (Å²) < 4.78 is 0. The van der Waals surface area contributed by atoms with Crippen molar-refractivity contribution in [2.24, 2.45) is 0 Å². The van der Waals surface area contributed by atoms with E-state index in [4.69, 9.17) is 0 Å². The van der Waals surface area contributed by atoms with Crippen LogP contribution in [0.5, 0.6) is 0 Å². The van der Waals surface area contributed by atoms with Gasteiger partial charge in [-0.1, -0.05) is 0 Å². The normalized spacial score (nSPS) is 11.9. The smallest absolute Gasteiger partial charge is 0.292 e. The molecule has 1 atom stereocenters. The third kappa shape index (κ3) is 3.23. The predicted octanol–water partition coefficient (Wildman–Crippen LogP) is 1.91. The van der Waals surface area contributed by atoms with Crippen LogP contribution in [-0.4, -0.2) is 21.7 Å². The fourth-order valence-corrected chi connectivity index (χ4v) is 2.25. The van der Waals surface area contributed by atoms with Crippen molar-refractivity contribution in [3.8, 4) is 0 Å². The van der Waals surface area contributed by atoms with Crippen LogP contribution in [0.3, 0.4) is 0 Å². The molecule has 0 bridgehead atoms. The number of nitrogens with zero attached hydrogens (tertiary/aromatic N) is 2. The van der Waals surface area contributed by atoms with Crippen LogP contribution in [0.15, 0.2) is 29.9 Å². The Balaban J connectivity index is 2.03. The highest BCUT2D eigenvalue weighted by Gasteiger charge is 2.19. The summed E-state index contributed by atoms with van der Waals surface area (Å²) >= 11 is 1.51. The van der Waals surface area contributed by atoms with Crippen LogP contribution >= 0.6 is 11.3 Å². The summed E-state index contributed by atoms with van der Waals surface area (Å²) in [7, 11) is 0. The molecule has 0 aliphatic carbocycles. The van der Waals surface area contributed by atoms with E-state index in [9.17, 15) is 9.59 Å². The number of aromatic nitrogens is 2. The minimum atomic E-state index is -0.647. The first-order chi connectivity index (χ1) is 9.08. The maximum atomic E-state index is 11.8. The zero-order chi connectivity index (χ0) is 13.8. The van der Waals surface area contributed by atoms with Gasteiger partial charge < -0.3 is 5.32 Å². The van der Waals surface area contributed by atoms with Gasteiger partial charge in [0.2, 0.25) is 0 Å². The topological polar surface area (TPSA) is 72.0 Å². The average molecular weight is 275 g/mol. The Labute approximate surface area is 114 Å². The third-order valence-electron chi connectivity index (χ3n) is 2.56. The zero-order valence-corrected chi connectivity index (χ0v) is 11.4. The van der Waals surface area contributed by atoms with Crippen molar-refractivity contribution in [2.75, 3.05) is 0 Å². The van der Waals surface area contributed by atoms with Gasteiger partial charge in [-0.3, -0.25) is 14.6 Å². The summed E-state index contributed by atoms with van der Waals surface area (Å²) in [4.78, 5) is 31.8. The molecule has 98 valence electrons. The molecule has 0 saturated heterocycles. The van der Waals surface area contributed by atoms with E-state index in [1.807, 2.05) is 12.3 Å². The molecule has 2 aromatic rings. The number of carbonyl (C=O) groups excluding carboxylic acids is 2. The van der Waals surface area contributed by atoms with Gasteiger partial charge in [0.25, 0.3) is 11.7 Å². The van der Waals surface area contributed by atoms with E-state index in [1.165, 1.54) is 17.5 Å². The standard InChI is InChI=1S/C13H13N3O2S/c1-8(11-7-19-9(2)16-11)15-13(18)12(17)10-4-3-5-14-6-10/h3-8H,1-2H3,(H,15,18)/t8-/m1/s1. The Morgan fingerprint density at radius 2 is 2.21 bits per heavy atom. The van der Waals surface area contributed by atoms with Gasteiger partial charge in [-0.25, -0.2) is 4.98 Å². The molecule has 2 rings (SSSR count). The molecule has 0 spiro atoms. The summed E-state index contributed by atoms with van der Waals surface area (Å²) in [6.07, 6.45) is 2.93. The number of hydrogen-bond donors (Lipinski definition) is 1. The fraction of sp³-hybridized carbons (Fsp3) is 0.231. The lowest BCUT2D eigenvalue weighted by atomic mass is 10.1. The highest BCUT2D eigenvalue weighted by Crippen LogP contribution is 2.15. The molecular formula is C13H13N3O2S. The molecule has 5 nitrogen and oxygen atoms in total. The second-order valence-corrected chi connectivity index (χ2v) is 5.12. The monoisotopic (exact) mass is 275 g/mol. The lowest BCUT2D eigenvalue weighted by molar-refractivity contribution is -0.117. The molecule has 0 aliphatic heterocycles. The quantitative estimate of drug-likeness (QED) is 0.683. The number of hydrogen-bond acceptors (Lipinski definition) is 5. The lowest BCUT2D eigenvalue weighted by Gasteiger charge is -2.10.